The number of hydrogen-bond donors (Lipinski definition) is 3. The minimum atomic E-state index is -0.941. The first-order valence-corrected chi connectivity index (χ1v) is 9.41. The zero-order chi connectivity index (χ0) is 21.6. The van der Waals surface area contributed by atoms with E-state index in [1.165, 1.54) is 0 Å². The van der Waals surface area contributed by atoms with Gasteiger partial charge in [0.2, 0.25) is 12.2 Å². The summed E-state index contributed by atoms with van der Waals surface area (Å²) in [4.78, 5) is 47.7. The molecule has 2 unspecified atom stereocenters. The predicted octanol–water partition coefficient (Wildman–Crippen LogP) is 0.833. The molecule has 0 saturated carbocycles. The van der Waals surface area contributed by atoms with Crippen molar-refractivity contribution in [2.75, 3.05) is 18.5 Å². The summed E-state index contributed by atoms with van der Waals surface area (Å²) in [5, 5.41) is 7.40. The van der Waals surface area contributed by atoms with Crippen LogP contribution in [0.4, 0.5) is 5.69 Å². The maximum atomic E-state index is 12.2. The molecule has 1 aliphatic heterocycles. The van der Waals surface area contributed by atoms with Gasteiger partial charge in [0.05, 0.1) is 13.0 Å². The predicted molar refractivity (Wildman–Crippen MR) is 105 cm³/mol. The molecule has 3 amide bonds. The van der Waals surface area contributed by atoms with Crippen molar-refractivity contribution in [2.24, 2.45) is 0 Å². The van der Waals surface area contributed by atoms with Crippen molar-refractivity contribution in [3.05, 3.63) is 29.8 Å². The van der Waals surface area contributed by atoms with Gasteiger partial charge in [-0.05, 0) is 24.0 Å². The molecule has 1 saturated heterocycles. The van der Waals surface area contributed by atoms with E-state index in [1.54, 1.807) is 19.1 Å². The lowest BCUT2D eigenvalue weighted by molar-refractivity contribution is -0.164. The fourth-order valence-corrected chi connectivity index (χ4v) is 2.89. The van der Waals surface area contributed by atoms with Crippen LogP contribution in [-0.2, 0) is 34.1 Å². The molecule has 9 nitrogen and oxygen atoms in total. The number of anilines is 1. The third-order valence-corrected chi connectivity index (χ3v) is 4.24. The van der Waals surface area contributed by atoms with Gasteiger partial charge in [0.15, 0.2) is 0 Å². The van der Waals surface area contributed by atoms with Crippen molar-refractivity contribution >= 4 is 29.4 Å². The van der Waals surface area contributed by atoms with Crippen molar-refractivity contribution in [2.45, 2.75) is 51.9 Å². The molecule has 1 fully saturated rings. The van der Waals surface area contributed by atoms with E-state index in [0.29, 0.717) is 12.3 Å². The first kappa shape index (κ1) is 22.4. The highest BCUT2D eigenvalue weighted by atomic mass is 16.7. The van der Waals surface area contributed by atoms with Gasteiger partial charge in [0.25, 0.3) is 0 Å². The van der Waals surface area contributed by atoms with E-state index in [1.807, 2.05) is 32.9 Å². The molecule has 0 bridgehead atoms. The number of nitrogens with one attached hydrogen (secondary N) is 3. The molecule has 3 N–H and O–H groups in total. The third kappa shape index (κ3) is 6.28. The van der Waals surface area contributed by atoms with Gasteiger partial charge in [-0.2, -0.15) is 0 Å². The Morgan fingerprint density at radius 2 is 1.86 bits per heavy atom. The lowest BCUT2D eigenvalue weighted by Gasteiger charge is -2.22. The van der Waals surface area contributed by atoms with Crippen LogP contribution in [0, 0.1) is 0 Å². The second-order valence-corrected chi connectivity index (χ2v) is 7.62. The fraction of sp³-hybridized carbons (Fsp3) is 0.500. The molecule has 0 spiro atoms. The Bertz CT molecular complexity index is 787. The van der Waals surface area contributed by atoms with E-state index >= 15 is 0 Å². The Morgan fingerprint density at radius 3 is 2.52 bits per heavy atom. The zero-order valence-electron chi connectivity index (χ0n) is 17.0. The van der Waals surface area contributed by atoms with Crippen molar-refractivity contribution in [1.29, 1.82) is 0 Å². The summed E-state index contributed by atoms with van der Waals surface area (Å²) in [5.41, 5.74) is 1.19. The molecule has 0 aromatic heterocycles. The summed E-state index contributed by atoms with van der Waals surface area (Å²) >= 11 is 0. The maximum absolute atomic E-state index is 12.2. The van der Waals surface area contributed by atoms with Gasteiger partial charge in [-0.1, -0.05) is 39.0 Å². The van der Waals surface area contributed by atoms with E-state index in [2.05, 4.69) is 16.0 Å². The zero-order valence-corrected chi connectivity index (χ0v) is 17.0. The Hall–Kier alpha value is -2.94. The molecular formula is C20H27N3O6. The van der Waals surface area contributed by atoms with Crippen molar-refractivity contribution < 1.29 is 28.7 Å². The first-order valence-electron chi connectivity index (χ1n) is 9.41. The quantitative estimate of drug-likeness (QED) is 0.476. The number of carbonyl (C=O) groups is 4. The molecular weight excluding hydrogens is 378 g/mol. The molecule has 2 rings (SSSR count). The highest BCUT2D eigenvalue weighted by Gasteiger charge is 2.36. The Kier molecular flexibility index (Phi) is 7.33. The van der Waals surface area contributed by atoms with Crippen LogP contribution in [0.15, 0.2) is 24.3 Å². The van der Waals surface area contributed by atoms with Crippen LogP contribution in [0.5, 0.6) is 0 Å². The number of carbonyl (C=O) groups excluding carboxylic acids is 4. The molecule has 0 aliphatic carbocycles. The summed E-state index contributed by atoms with van der Waals surface area (Å²) < 4.78 is 10.2. The Labute approximate surface area is 169 Å². The molecule has 1 aromatic carbocycles. The molecule has 0 radical (unpaired) electrons. The third-order valence-electron chi connectivity index (χ3n) is 4.24. The van der Waals surface area contributed by atoms with E-state index in [0.717, 1.165) is 5.56 Å². The minimum absolute atomic E-state index is 0.0194. The van der Waals surface area contributed by atoms with Crippen LogP contribution >= 0.6 is 0 Å². The summed E-state index contributed by atoms with van der Waals surface area (Å²) in [6.45, 7) is 7.62. The highest BCUT2D eigenvalue weighted by molar-refractivity contribution is 6.40. The van der Waals surface area contributed by atoms with E-state index < -0.39 is 42.6 Å². The number of benzene rings is 1. The van der Waals surface area contributed by atoms with E-state index in [4.69, 9.17) is 9.47 Å². The number of rotatable bonds is 6. The second-order valence-electron chi connectivity index (χ2n) is 7.62. The molecule has 2 atom stereocenters. The molecule has 9 heteroatoms. The largest absolute Gasteiger partial charge is 0.433 e. The van der Waals surface area contributed by atoms with Crippen LogP contribution in [0.3, 0.4) is 0 Å². The summed E-state index contributed by atoms with van der Waals surface area (Å²) in [6, 6.07) is 6.56. The Morgan fingerprint density at radius 1 is 1.17 bits per heavy atom. The van der Waals surface area contributed by atoms with Gasteiger partial charge in [-0.3, -0.25) is 19.2 Å². The maximum Gasteiger partial charge on any atom is 0.313 e. The topological polar surface area (TPSA) is 123 Å². The number of hydrogen-bond acceptors (Lipinski definition) is 6. The average Bonchev–Trinajstić information content (AvgIpc) is 2.98. The van der Waals surface area contributed by atoms with Crippen LogP contribution < -0.4 is 16.0 Å². The van der Waals surface area contributed by atoms with Crippen molar-refractivity contribution in [3.63, 3.8) is 0 Å². The number of ether oxygens (including phenoxy) is 2. The molecule has 1 aromatic rings. The SMILES string of the molecule is CCOC1OC(=O)CC1NC(=O)CNC(=O)C(=O)Nc1ccccc1C(C)(C)C. The molecule has 29 heavy (non-hydrogen) atoms. The van der Waals surface area contributed by atoms with Gasteiger partial charge in [0.1, 0.15) is 6.04 Å². The van der Waals surface area contributed by atoms with Gasteiger partial charge in [-0.25, -0.2) is 0 Å². The molecule has 158 valence electrons. The smallest absolute Gasteiger partial charge is 0.313 e. The van der Waals surface area contributed by atoms with Gasteiger partial charge < -0.3 is 25.4 Å². The number of esters is 1. The normalized spacial score (nSPS) is 18.7. The lowest BCUT2D eigenvalue weighted by Crippen LogP contribution is -2.47. The second kappa shape index (κ2) is 9.51. The number of para-hydroxylation sites is 1. The van der Waals surface area contributed by atoms with Crippen LogP contribution in [0.1, 0.15) is 39.7 Å². The first-order chi connectivity index (χ1) is 13.6. The van der Waals surface area contributed by atoms with Crippen molar-refractivity contribution in [3.8, 4) is 0 Å². The Balaban J connectivity index is 1.87. The summed E-state index contributed by atoms with van der Waals surface area (Å²) in [6.07, 6.45) is -0.877. The summed E-state index contributed by atoms with van der Waals surface area (Å²) in [7, 11) is 0. The lowest BCUT2D eigenvalue weighted by atomic mass is 9.86. The van der Waals surface area contributed by atoms with Crippen LogP contribution in [0.2, 0.25) is 0 Å². The highest BCUT2D eigenvalue weighted by Crippen LogP contribution is 2.29. The number of amides is 3. The van der Waals surface area contributed by atoms with Gasteiger partial charge in [0, 0.05) is 12.3 Å². The fourth-order valence-electron chi connectivity index (χ4n) is 2.89. The van der Waals surface area contributed by atoms with Crippen LogP contribution in [-0.4, -0.2) is 49.2 Å². The van der Waals surface area contributed by atoms with Crippen molar-refractivity contribution in [1.82, 2.24) is 10.6 Å². The monoisotopic (exact) mass is 405 g/mol. The minimum Gasteiger partial charge on any atom is -0.433 e. The standard InChI is InChI=1S/C20H27N3O6/c1-5-28-19-14(10-16(25)29-19)22-15(24)11-21-17(26)18(27)23-13-9-7-6-8-12(13)20(2,3)4/h6-9,14,19H,5,10-11H2,1-4H3,(H,21,26)(H,22,24)(H,23,27). The van der Waals surface area contributed by atoms with Gasteiger partial charge >= 0.3 is 17.8 Å². The van der Waals surface area contributed by atoms with E-state index in [9.17, 15) is 19.2 Å². The summed E-state index contributed by atoms with van der Waals surface area (Å²) in [5.74, 6) is -2.85. The van der Waals surface area contributed by atoms with Crippen LogP contribution in [0.25, 0.3) is 0 Å². The number of cyclic esters (lactones) is 1. The molecule has 1 aliphatic rings. The van der Waals surface area contributed by atoms with Gasteiger partial charge in [-0.15, -0.1) is 0 Å². The van der Waals surface area contributed by atoms with E-state index in [-0.39, 0.29) is 11.8 Å². The molecule has 1 heterocycles. The average molecular weight is 405 g/mol.